The summed E-state index contributed by atoms with van der Waals surface area (Å²) in [6.07, 6.45) is 1.45. The molecule has 2 rings (SSSR count). The van der Waals surface area contributed by atoms with Gasteiger partial charge in [0.1, 0.15) is 10.7 Å². The predicted octanol–water partition coefficient (Wildman–Crippen LogP) is 0.981. The zero-order valence-corrected chi connectivity index (χ0v) is 10.8. The Balaban J connectivity index is 2.31. The van der Waals surface area contributed by atoms with E-state index in [1.165, 1.54) is 22.3 Å². The van der Waals surface area contributed by atoms with E-state index < -0.39 is 16.0 Å². The second-order valence-electron chi connectivity index (χ2n) is 3.40. The van der Waals surface area contributed by atoms with Gasteiger partial charge in [-0.05, 0) is 6.07 Å². The first-order valence-corrected chi connectivity index (χ1v) is 7.09. The maximum atomic E-state index is 11.9. The third-order valence-corrected chi connectivity index (χ3v) is 4.56. The van der Waals surface area contributed by atoms with Gasteiger partial charge in [-0.25, -0.2) is 13.2 Å². The summed E-state index contributed by atoms with van der Waals surface area (Å²) in [7, 11) is -2.19. The number of aryl methyl sites for hydroxylation is 1. The first kappa shape index (κ1) is 12.6. The number of carboxylic acids is 1. The number of hydrogen-bond donors (Lipinski definition) is 2. The molecule has 0 saturated carbocycles. The van der Waals surface area contributed by atoms with E-state index in [0.29, 0.717) is 5.82 Å². The van der Waals surface area contributed by atoms with Gasteiger partial charge in [-0.3, -0.25) is 9.40 Å². The summed E-state index contributed by atoms with van der Waals surface area (Å²) in [4.78, 5) is 10.6. The molecular formula is C9H9N3O4S2. The summed E-state index contributed by atoms with van der Waals surface area (Å²) in [5.74, 6) is -0.847. The third kappa shape index (κ3) is 2.36. The highest BCUT2D eigenvalue weighted by Gasteiger charge is 2.19. The second kappa shape index (κ2) is 4.42. The van der Waals surface area contributed by atoms with Gasteiger partial charge >= 0.3 is 5.97 Å². The van der Waals surface area contributed by atoms with E-state index in [9.17, 15) is 13.2 Å². The fourth-order valence-corrected chi connectivity index (χ4v) is 3.44. The zero-order valence-electron chi connectivity index (χ0n) is 9.19. The molecule has 7 nitrogen and oxygen atoms in total. The molecule has 2 aromatic heterocycles. The lowest BCUT2D eigenvalue weighted by atomic mass is 10.5. The van der Waals surface area contributed by atoms with Crippen molar-refractivity contribution in [1.29, 1.82) is 0 Å². The Morgan fingerprint density at radius 1 is 1.56 bits per heavy atom. The summed E-state index contributed by atoms with van der Waals surface area (Å²) >= 11 is 0.860. The first-order valence-electron chi connectivity index (χ1n) is 4.73. The molecule has 2 N–H and O–H groups in total. The van der Waals surface area contributed by atoms with Crippen LogP contribution in [-0.4, -0.2) is 29.3 Å². The summed E-state index contributed by atoms with van der Waals surface area (Å²) in [6.45, 7) is 0. The monoisotopic (exact) mass is 287 g/mol. The van der Waals surface area contributed by atoms with E-state index in [4.69, 9.17) is 5.11 Å². The Morgan fingerprint density at radius 2 is 2.28 bits per heavy atom. The van der Waals surface area contributed by atoms with Gasteiger partial charge in [0.25, 0.3) is 10.0 Å². The van der Waals surface area contributed by atoms with Gasteiger partial charge in [-0.1, -0.05) is 0 Å². The van der Waals surface area contributed by atoms with Crippen LogP contribution in [0.25, 0.3) is 0 Å². The quantitative estimate of drug-likeness (QED) is 0.873. The van der Waals surface area contributed by atoms with E-state index in [2.05, 4.69) is 9.82 Å². The number of aromatic carboxylic acids is 1. The number of aromatic nitrogens is 2. The van der Waals surface area contributed by atoms with Crippen LogP contribution < -0.4 is 4.72 Å². The van der Waals surface area contributed by atoms with Gasteiger partial charge in [0.2, 0.25) is 0 Å². The molecule has 96 valence electrons. The van der Waals surface area contributed by atoms with Crippen LogP contribution in [0.5, 0.6) is 0 Å². The summed E-state index contributed by atoms with van der Waals surface area (Å²) in [6, 6.07) is 2.62. The van der Waals surface area contributed by atoms with Crippen LogP contribution in [0, 0.1) is 0 Å². The van der Waals surface area contributed by atoms with Crippen molar-refractivity contribution in [3.05, 3.63) is 28.6 Å². The molecular weight excluding hydrogens is 278 g/mol. The van der Waals surface area contributed by atoms with E-state index in [1.807, 2.05) is 0 Å². The number of nitrogens with zero attached hydrogens (tertiary/aromatic N) is 2. The average molecular weight is 287 g/mol. The molecule has 0 unspecified atom stereocenters. The Kier molecular flexibility index (Phi) is 3.09. The average Bonchev–Trinajstić information content (AvgIpc) is 2.88. The van der Waals surface area contributed by atoms with Gasteiger partial charge in [-0.15, -0.1) is 11.3 Å². The fraction of sp³-hybridized carbons (Fsp3) is 0.111. The highest BCUT2D eigenvalue weighted by molar-refractivity contribution is 7.92. The lowest BCUT2D eigenvalue weighted by molar-refractivity contribution is 0.0702. The molecule has 2 heterocycles. The fourth-order valence-electron chi connectivity index (χ4n) is 1.24. The Labute approximate surface area is 107 Å². The van der Waals surface area contributed by atoms with E-state index in [-0.39, 0.29) is 9.77 Å². The van der Waals surface area contributed by atoms with Gasteiger partial charge < -0.3 is 5.11 Å². The van der Waals surface area contributed by atoms with Crippen molar-refractivity contribution in [1.82, 2.24) is 9.78 Å². The number of anilines is 1. The zero-order chi connectivity index (χ0) is 13.3. The predicted molar refractivity (Wildman–Crippen MR) is 65.3 cm³/mol. The lowest BCUT2D eigenvalue weighted by Crippen LogP contribution is -2.14. The normalized spacial score (nSPS) is 11.4. The molecule has 0 spiro atoms. The summed E-state index contributed by atoms with van der Waals surface area (Å²) in [5, 5.41) is 13.9. The van der Waals surface area contributed by atoms with Crippen LogP contribution in [-0.2, 0) is 17.1 Å². The van der Waals surface area contributed by atoms with Crippen molar-refractivity contribution < 1.29 is 18.3 Å². The van der Waals surface area contributed by atoms with Gasteiger partial charge in [-0.2, -0.15) is 5.10 Å². The molecule has 2 aromatic rings. The number of rotatable bonds is 4. The van der Waals surface area contributed by atoms with Crippen LogP contribution in [0.4, 0.5) is 5.82 Å². The number of carboxylic acid groups (broad SMARTS) is 1. The minimum Gasteiger partial charge on any atom is -0.477 e. The van der Waals surface area contributed by atoms with Crippen molar-refractivity contribution in [3.8, 4) is 0 Å². The number of hydrogen-bond acceptors (Lipinski definition) is 5. The molecule has 0 aliphatic carbocycles. The molecule has 0 fully saturated rings. The van der Waals surface area contributed by atoms with Gasteiger partial charge in [0.05, 0.1) is 11.1 Å². The highest BCUT2D eigenvalue weighted by Crippen LogP contribution is 2.21. The highest BCUT2D eigenvalue weighted by atomic mass is 32.2. The molecule has 0 amide bonds. The Bertz CT molecular complexity index is 686. The molecule has 0 bridgehead atoms. The summed E-state index contributed by atoms with van der Waals surface area (Å²) in [5.41, 5.74) is 0. The Morgan fingerprint density at radius 3 is 2.78 bits per heavy atom. The lowest BCUT2D eigenvalue weighted by Gasteiger charge is -2.05. The summed E-state index contributed by atoms with van der Waals surface area (Å²) < 4.78 is 27.6. The van der Waals surface area contributed by atoms with Crippen molar-refractivity contribution in [2.45, 2.75) is 4.90 Å². The molecule has 0 aliphatic heterocycles. The third-order valence-electron chi connectivity index (χ3n) is 2.16. The molecule has 0 saturated heterocycles. The molecule has 0 atom stereocenters. The minimum atomic E-state index is -3.78. The second-order valence-corrected chi connectivity index (χ2v) is 5.99. The first-order chi connectivity index (χ1) is 8.40. The number of nitrogens with one attached hydrogen (secondary N) is 1. The van der Waals surface area contributed by atoms with Gasteiger partial charge in [0.15, 0.2) is 0 Å². The van der Waals surface area contributed by atoms with Crippen molar-refractivity contribution >= 4 is 33.1 Å². The van der Waals surface area contributed by atoms with Crippen LogP contribution in [0.15, 0.2) is 28.6 Å². The van der Waals surface area contributed by atoms with E-state index in [1.54, 1.807) is 7.05 Å². The molecule has 0 radical (unpaired) electrons. The SMILES string of the molecule is Cn1nccc1NS(=O)(=O)c1csc(C(=O)O)c1. The molecule has 9 heteroatoms. The topological polar surface area (TPSA) is 101 Å². The maximum absolute atomic E-state index is 11.9. The van der Waals surface area contributed by atoms with Crippen molar-refractivity contribution in [2.75, 3.05) is 4.72 Å². The van der Waals surface area contributed by atoms with Crippen LogP contribution in [0.1, 0.15) is 9.67 Å². The number of thiophene rings is 1. The van der Waals surface area contributed by atoms with Crippen molar-refractivity contribution in [3.63, 3.8) is 0 Å². The van der Waals surface area contributed by atoms with Crippen LogP contribution in [0.3, 0.4) is 0 Å². The van der Waals surface area contributed by atoms with Crippen LogP contribution >= 0.6 is 11.3 Å². The standard InChI is InChI=1S/C9H9N3O4S2/c1-12-8(2-3-10-12)11-18(15,16)6-4-7(9(13)14)17-5-6/h2-5,11H,1H3,(H,13,14). The minimum absolute atomic E-state index is 0.0274. The molecule has 0 aliphatic rings. The number of carbonyl (C=O) groups is 1. The van der Waals surface area contributed by atoms with E-state index >= 15 is 0 Å². The van der Waals surface area contributed by atoms with Crippen LogP contribution in [0.2, 0.25) is 0 Å². The smallest absolute Gasteiger partial charge is 0.345 e. The number of sulfonamides is 1. The Hall–Kier alpha value is -1.87. The molecule has 0 aromatic carbocycles. The molecule has 18 heavy (non-hydrogen) atoms. The largest absolute Gasteiger partial charge is 0.477 e. The maximum Gasteiger partial charge on any atom is 0.345 e. The van der Waals surface area contributed by atoms with Crippen molar-refractivity contribution in [2.24, 2.45) is 7.05 Å². The van der Waals surface area contributed by atoms with E-state index in [0.717, 1.165) is 17.4 Å². The van der Waals surface area contributed by atoms with Gasteiger partial charge in [0, 0.05) is 18.5 Å².